The number of hydroxylamine groups is 2. The van der Waals surface area contributed by atoms with Crippen molar-refractivity contribution in [2.45, 2.75) is 19.3 Å². The molecule has 3 N–H and O–H groups in total. The highest BCUT2D eigenvalue weighted by Gasteiger charge is 2.12. The number of benzene rings is 1. The Morgan fingerprint density at radius 1 is 1.33 bits per heavy atom. The lowest BCUT2D eigenvalue weighted by atomic mass is 10.2. The number of amides is 1. The van der Waals surface area contributed by atoms with E-state index in [9.17, 15) is 4.79 Å². The second-order valence-corrected chi connectivity index (χ2v) is 4.39. The van der Waals surface area contributed by atoms with Gasteiger partial charge in [0.2, 0.25) is 5.91 Å². The standard InChI is InChI=1S/C13H19N3O2/c14-11-3-5-12(6-4-11)15-13(17)7-9-16-8-1-2-10-18-16/h3-6H,1-2,7-10,14H2,(H,15,17). The van der Waals surface area contributed by atoms with E-state index in [0.29, 0.717) is 18.7 Å². The molecular weight excluding hydrogens is 230 g/mol. The van der Waals surface area contributed by atoms with E-state index < -0.39 is 0 Å². The van der Waals surface area contributed by atoms with Crippen LogP contribution in [0.25, 0.3) is 0 Å². The molecule has 1 aliphatic rings. The van der Waals surface area contributed by atoms with Crippen molar-refractivity contribution >= 4 is 17.3 Å². The lowest BCUT2D eigenvalue weighted by Gasteiger charge is -2.25. The van der Waals surface area contributed by atoms with Crippen LogP contribution in [-0.2, 0) is 9.63 Å². The Morgan fingerprint density at radius 3 is 2.78 bits per heavy atom. The van der Waals surface area contributed by atoms with Crippen LogP contribution in [0.15, 0.2) is 24.3 Å². The molecule has 1 aromatic rings. The van der Waals surface area contributed by atoms with Gasteiger partial charge in [-0.1, -0.05) is 0 Å². The van der Waals surface area contributed by atoms with Crippen LogP contribution in [-0.4, -0.2) is 30.7 Å². The number of nitrogens with one attached hydrogen (secondary N) is 1. The minimum atomic E-state index is -0.00561. The van der Waals surface area contributed by atoms with E-state index in [1.54, 1.807) is 24.3 Å². The predicted octanol–water partition coefficient (Wildman–Crippen LogP) is 1.62. The van der Waals surface area contributed by atoms with Crippen molar-refractivity contribution in [2.24, 2.45) is 0 Å². The minimum absolute atomic E-state index is 0.00561. The first-order chi connectivity index (χ1) is 8.74. The first-order valence-corrected chi connectivity index (χ1v) is 6.27. The molecule has 5 heteroatoms. The fraction of sp³-hybridized carbons (Fsp3) is 0.462. The summed E-state index contributed by atoms with van der Waals surface area (Å²) in [5.74, 6) is -0.00561. The molecule has 1 fully saturated rings. The average molecular weight is 249 g/mol. The van der Waals surface area contributed by atoms with Gasteiger partial charge in [0.25, 0.3) is 0 Å². The third kappa shape index (κ3) is 4.01. The lowest BCUT2D eigenvalue weighted by molar-refractivity contribution is -0.181. The zero-order chi connectivity index (χ0) is 12.8. The Bertz CT molecular complexity index is 386. The third-order valence-electron chi connectivity index (χ3n) is 2.86. The Hall–Kier alpha value is -1.59. The molecule has 0 spiro atoms. The zero-order valence-corrected chi connectivity index (χ0v) is 10.4. The fourth-order valence-electron chi connectivity index (χ4n) is 1.84. The summed E-state index contributed by atoms with van der Waals surface area (Å²) < 4.78 is 0. The Balaban J connectivity index is 1.73. The zero-order valence-electron chi connectivity index (χ0n) is 10.4. The summed E-state index contributed by atoms with van der Waals surface area (Å²) in [6, 6.07) is 7.13. The second kappa shape index (κ2) is 6.37. The number of nitrogens with zero attached hydrogens (tertiary/aromatic N) is 1. The third-order valence-corrected chi connectivity index (χ3v) is 2.86. The minimum Gasteiger partial charge on any atom is -0.399 e. The highest BCUT2D eigenvalue weighted by Crippen LogP contribution is 2.11. The molecule has 1 heterocycles. The van der Waals surface area contributed by atoms with Crippen molar-refractivity contribution in [1.82, 2.24) is 5.06 Å². The predicted molar refractivity (Wildman–Crippen MR) is 70.9 cm³/mol. The molecule has 0 saturated carbocycles. The van der Waals surface area contributed by atoms with E-state index in [2.05, 4.69) is 5.32 Å². The van der Waals surface area contributed by atoms with Crippen LogP contribution in [0.4, 0.5) is 11.4 Å². The highest BCUT2D eigenvalue weighted by atomic mass is 16.7. The topological polar surface area (TPSA) is 67.6 Å². The van der Waals surface area contributed by atoms with Gasteiger partial charge in [-0.3, -0.25) is 9.63 Å². The summed E-state index contributed by atoms with van der Waals surface area (Å²) in [6.45, 7) is 2.32. The number of nitrogens with two attached hydrogens (primary N) is 1. The molecule has 0 aromatic heterocycles. The number of nitrogen functional groups attached to an aromatic ring is 1. The summed E-state index contributed by atoms with van der Waals surface area (Å²) in [5, 5.41) is 4.70. The van der Waals surface area contributed by atoms with Gasteiger partial charge in [0.05, 0.1) is 6.61 Å². The van der Waals surface area contributed by atoms with Crippen LogP contribution in [0, 0.1) is 0 Å². The molecule has 18 heavy (non-hydrogen) atoms. The maximum Gasteiger partial charge on any atom is 0.225 e. The summed E-state index contributed by atoms with van der Waals surface area (Å²) in [6.07, 6.45) is 2.68. The fourth-order valence-corrected chi connectivity index (χ4v) is 1.84. The monoisotopic (exact) mass is 249 g/mol. The van der Waals surface area contributed by atoms with Gasteiger partial charge < -0.3 is 11.1 Å². The average Bonchev–Trinajstić information content (AvgIpc) is 2.40. The van der Waals surface area contributed by atoms with Crippen LogP contribution >= 0.6 is 0 Å². The maximum absolute atomic E-state index is 11.7. The molecule has 5 nitrogen and oxygen atoms in total. The molecule has 98 valence electrons. The van der Waals surface area contributed by atoms with Crippen LogP contribution in [0.5, 0.6) is 0 Å². The number of rotatable bonds is 4. The quantitative estimate of drug-likeness (QED) is 0.796. The molecule has 0 unspecified atom stereocenters. The Labute approximate surface area is 107 Å². The second-order valence-electron chi connectivity index (χ2n) is 4.39. The van der Waals surface area contributed by atoms with E-state index in [-0.39, 0.29) is 5.91 Å². The van der Waals surface area contributed by atoms with Crippen molar-refractivity contribution in [2.75, 3.05) is 30.7 Å². The van der Waals surface area contributed by atoms with Crippen LogP contribution < -0.4 is 11.1 Å². The highest BCUT2D eigenvalue weighted by molar-refractivity contribution is 5.90. The van der Waals surface area contributed by atoms with Gasteiger partial charge in [0.15, 0.2) is 0 Å². The van der Waals surface area contributed by atoms with Gasteiger partial charge in [-0.2, -0.15) is 5.06 Å². The normalized spacial score (nSPS) is 16.4. The van der Waals surface area contributed by atoms with Gasteiger partial charge >= 0.3 is 0 Å². The Kier molecular flexibility index (Phi) is 4.55. The van der Waals surface area contributed by atoms with Crippen LogP contribution in [0.2, 0.25) is 0 Å². The van der Waals surface area contributed by atoms with E-state index in [1.165, 1.54) is 0 Å². The van der Waals surface area contributed by atoms with Gasteiger partial charge in [0.1, 0.15) is 0 Å². The summed E-state index contributed by atoms with van der Waals surface area (Å²) in [7, 11) is 0. The number of hydrogen-bond donors (Lipinski definition) is 2. The number of anilines is 2. The molecule has 2 rings (SSSR count). The molecule has 1 aliphatic heterocycles. The van der Waals surface area contributed by atoms with E-state index >= 15 is 0 Å². The SMILES string of the molecule is Nc1ccc(NC(=O)CCN2CCCCO2)cc1. The molecule has 0 radical (unpaired) electrons. The summed E-state index contributed by atoms with van der Waals surface area (Å²) >= 11 is 0. The van der Waals surface area contributed by atoms with Gasteiger partial charge in [-0.15, -0.1) is 0 Å². The van der Waals surface area contributed by atoms with E-state index in [0.717, 1.165) is 31.7 Å². The van der Waals surface area contributed by atoms with Crippen molar-refractivity contribution < 1.29 is 9.63 Å². The van der Waals surface area contributed by atoms with E-state index in [4.69, 9.17) is 10.6 Å². The smallest absolute Gasteiger partial charge is 0.225 e. The van der Waals surface area contributed by atoms with Crippen molar-refractivity contribution in [3.8, 4) is 0 Å². The molecule has 0 bridgehead atoms. The largest absolute Gasteiger partial charge is 0.399 e. The van der Waals surface area contributed by atoms with Crippen LogP contribution in [0.3, 0.4) is 0 Å². The first kappa shape index (κ1) is 12.9. The molecule has 1 saturated heterocycles. The molecule has 0 atom stereocenters. The van der Waals surface area contributed by atoms with Crippen LogP contribution in [0.1, 0.15) is 19.3 Å². The molecular formula is C13H19N3O2. The molecule has 1 amide bonds. The Morgan fingerprint density at radius 2 is 2.11 bits per heavy atom. The molecule has 1 aromatic carbocycles. The lowest BCUT2D eigenvalue weighted by Crippen LogP contribution is -2.32. The maximum atomic E-state index is 11.7. The number of hydrogen-bond acceptors (Lipinski definition) is 4. The summed E-state index contributed by atoms with van der Waals surface area (Å²) in [4.78, 5) is 17.1. The van der Waals surface area contributed by atoms with Crippen molar-refractivity contribution in [3.05, 3.63) is 24.3 Å². The number of carbonyl (C=O) groups is 1. The van der Waals surface area contributed by atoms with Crippen molar-refractivity contribution in [1.29, 1.82) is 0 Å². The van der Waals surface area contributed by atoms with Crippen molar-refractivity contribution in [3.63, 3.8) is 0 Å². The first-order valence-electron chi connectivity index (χ1n) is 6.27. The molecule has 0 aliphatic carbocycles. The van der Waals surface area contributed by atoms with E-state index in [1.807, 2.05) is 5.06 Å². The van der Waals surface area contributed by atoms with Gasteiger partial charge in [-0.05, 0) is 37.1 Å². The summed E-state index contributed by atoms with van der Waals surface area (Å²) in [5.41, 5.74) is 7.04. The van der Waals surface area contributed by atoms with Gasteiger partial charge in [-0.25, -0.2) is 0 Å². The van der Waals surface area contributed by atoms with Gasteiger partial charge in [0, 0.05) is 30.9 Å². The number of carbonyl (C=O) groups excluding carboxylic acids is 1.